The van der Waals surface area contributed by atoms with Crippen LogP contribution in [0.4, 0.5) is 0 Å². The summed E-state index contributed by atoms with van der Waals surface area (Å²) in [5.74, 6) is -7.59. The number of carboxylic acid groups (broad SMARTS) is 1. The minimum Gasteiger partial charge on any atom is -0.508 e. The van der Waals surface area contributed by atoms with Crippen molar-refractivity contribution in [2.24, 2.45) is 23.3 Å². The van der Waals surface area contributed by atoms with Gasteiger partial charge in [-0.25, -0.2) is 0 Å². The first kappa shape index (κ1) is 47.8. The van der Waals surface area contributed by atoms with Crippen molar-refractivity contribution >= 4 is 69.9 Å². The van der Waals surface area contributed by atoms with E-state index in [4.69, 9.17) is 11.5 Å². The molecule has 0 saturated heterocycles. The lowest BCUT2D eigenvalue weighted by atomic mass is 9.99. The number of carboxylic acids is 1. The average Bonchev–Trinajstić information content (AvgIpc) is 3.14. The number of rotatable bonds is 22. The summed E-state index contributed by atoms with van der Waals surface area (Å²) >= 11 is 2.10. The molecule has 2 rings (SSSR count). The molecule has 0 aliphatic carbocycles. The van der Waals surface area contributed by atoms with Crippen LogP contribution in [0, 0.1) is 15.4 Å². The SMILES string of the molecule is CC(C)[C@H](NC(=O)[C@H](CCC(=O)O)NC(=O)[C@H](Cc1ccc(I)cc1)NC(=O)[C@@H](C)NC(=O)[C@@H](N)Cc1ccc(O)cc1)C(=O)N[C@H](C(=O)NCC(N)=O)C(C)C. The number of nitrogens with one attached hydrogen (secondary N) is 6. The Balaban J connectivity index is 2.29. The summed E-state index contributed by atoms with van der Waals surface area (Å²) in [5, 5.41) is 34.1. The lowest BCUT2D eigenvalue weighted by molar-refractivity contribution is -0.139. The molecule has 0 heterocycles. The number of primary amides is 1. The third-order valence-electron chi connectivity index (χ3n) is 8.68. The zero-order chi connectivity index (χ0) is 43.0. The Morgan fingerprint density at radius 1 is 0.632 bits per heavy atom. The van der Waals surface area contributed by atoms with Crippen LogP contribution in [-0.2, 0) is 51.2 Å². The van der Waals surface area contributed by atoms with E-state index < -0.39 is 108 Å². The molecule has 7 amide bonds. The Hall–Kier alpha value is -5.31. The Labute approximate surface area is 344 Å². The van der Waals surface area contributed by atoms with Gasteiger partial charge in [0.25, 0.3) is 0 Å². The summed E-state index contributed by atoms with van der Waals surface area (Å²) in [6.07, 6.45) is -0.886. The summed E-state index contributed by atoms with van der Waals surface area (Å²) in [4.78, 5) is 103. The number of aliphatic carboxylic acids is 1. The number of nitrogens with two attached hydrogens (primary N) is 2. The maximum Gasteiger partial charge on any atom is 0.303 e. The largest absolute Gasteiger partial charge is 0.508 e. The molecule has 0 unspecified atom stereocenters. The van der Waals surface area contributed by atoms with Crippen molar-refractivity contribution in [3.8, 4) is 5.75 Å². The van der Waals surface area contributed by atoms with Crippen molar-refractivity contribution in [2.75, 3.05) is 6.54 Å². The van der Waals surface area contributed by atoms with Gasteiger partial charge >= 0.3 is 5.97 Å². The van der Waals surface area contributed by atoms with Gasteiger partial charge in [-0.1, -0.05) is 52.0 Å². The highest BCUT2D eigenvalue weighted by molar-refractivity contribution is 14.1. The van der Waals surface area contributed by atoms with Gasteiger partial charge in [0.15, 0.2) is 0 Å². The third kappa shape index (κ3) is 16.8. The number of benzene rings is 2. The van der Waals surface area contributed by atoms with Gasteiger partial charge in [-0.15, -0.1) is 0 Å². The van der Waals surface area contributed by atoms with Gasteiger partial charge < -0.3 is 53.6 Å². The number of hydrogen-bond donors (Lipinski definition) is 10. The molecule has 12 N–H and O–H groups in total. The molecule has 0 bridgehead atoms. The van der Waals surface area contributed by atoms with E-state index >= 15 is 0 Å². The Bertz CT molecular complexity index is 1740. The summed E-state index contributed by atoms with van der Waals surface area (Å²) < 4.78 is 0.904. The smallest absolute Gasteiger partial charge is 0.303 e. The molecule has 0 spiro atoms. The molecule has 0 aromatic heterocycles. The van der Waals surface area contributed by atoms with Gasteiger partial charge in [-0.2, -0.15) is 0 Å². The molecule has 312 valence electrons. The number of phenols is 1. The van der Waals surface area contributed by atoms with Crippen molar-refractivity contribution in [3.05, 3.63) is 63.2 Å². The van der Waals surface area contributed by atoms with Crippen molar-refractivity contribution in [1.29, 1.82) is 0 Å². The van der Waals surface area contributed by atoms with Crippen LogP contribution < -0.4 is 43.4 Å². The molecule has 0 aliphatic rings. The number of halogens is 1. The van der Waals surface area contributed by atoms with Gasteiger partial charge in [0.05, 0.1) is 12.6 Å². The predicted molar refractivity (Wildman–Crippen MR) is 217 cm³/mol. The fraction of sp³-hybridized carbons (Fsp3) is 0.474. The number of carbonyl (C=O) groups excluding carboxylic acids is 7. The summed E-state index contributed by atoms with van der Waals surface area (Å²) in [7, 11) is 0. The zero-order valence-electron chi connectivity index (χ0n) is 32.5. The molecule has 6 atom stereocenters. The topological polar surface area (TPSA) is 301 Å². The molecule has 0 radical (unpaired) electrons. The Morgan fingerprint density at radius 2 is 1.12 bits per heavy atom. The van der Waals surface area contributed by atoms with Crippen LogP contribution in [0.25, 0.3) is 0 Å². The number of amides is 7. The van der Waals surface area contributed by atoms with Gasteiger partial charge in [0, 0.05) is 16.4 Å². The summed E-state index contributed by atoms with van der Waals surface area (Å²) in [5.41, 5.74) is 12.5. The molecule has 18 nitrogen and oxygen atoms in total. The van der Waals surface area contributed by atoms with Crippen LogP contribution in [-0.4, -0.2) is 100 Å². The molecule has 0 aliphatic heterocycles. The molecule has 0 fully saturated rings. The number of carbonyl (C=O) groups is 8. The highest BCUT2D eigenvalue weighted by Crippen LogP contribution is 2.13. The summed E-state index contributed by atoms with van der Waals surface area (Å²) in [6.45, 7) is 7.50. The quantitative estimate of drug-likeness (QED) is 0.0661. The molecule has 2 aromatic carbocycles. The lowest BCUT2D eigenvalue weighted by Gasteiger charge is -2.29. The Kier molecular flexibility index (Phi) is 19.3. The molecule has 19 heteroatoms. The third-order valence-corrected chi connectivity index (χ3v) is 9.40. The van der Waals surface area contributed by atoms with Crippen molar-refractivity contribution in [1.82, 2.24) is 31.9 Å². The van der Waals surface area contributed by atoms with E-state index in [-0.39, 0.29) is 25.0 Å². The first-order chi connectivity index (χ1) is 26.7. The van der Waals surface area contributed by atoms with Crippen molar-refractivity contribution in [3.63, 3.8) is 0 Å². The fourth-order valence-corrected chi connectivity index (χ4v) is 5.75. The number of hydrogen-bond acceptors (Lipinski definition) is 10. The second-order valence-corrected chi connectivity index (χ2v) is 15.5. The van der Waals surface area contributed by atoms with Crippen LogP contribution in [0.1, 0.15) is 58.6 Å². The van der Waals surface area contributed by atoms with Crippen molar-refractivity contribution < 1.29 is 48.6 Å². The van der Waals surface area contributed by atoms with Crippen molar-refractivity contribution in [2.45, 2.75) is 96.6 Å². The van der Waals surface area contributed by atoms with E-state index in [1.807, 2.05) is 0 Å². The number of aromatic hydroxyl groups is 1. The van der Waals surface area contributed by atoms with E-state index in [1.54, 1.807) is 64.1 Å². The lowest BCUT2D eigenvalue weighted by Crippen LogP contribution is -2.61. The van der Waals surface area contributed by atoms with Crippen LogP contribution in [0.15, 0.2) is 48.5 Å². The van der Waals surface area contributed by atoms with Crippen LogP contribution >= 0.6 is 22.6 Å². The van der Waals surface area contributed by atoms with E-state index in [0.29, 0.717) is 11.1 Å². The molecular formula is C38H53IN8O10. The zero-order valence-corrected chi connectivity index (χ0v) is 34.6. The standard InChI is InChI=1S/C38H53IN8O10/c1-19(2)31(37(56)42-18-29(41)49)47-38(57)32(20(3)4)46-35(54)27(14-15-30(50)51)44-36(55)28(17-23-6-10-24(39)11-7-23)45-33(52)21(5)43-34(53)26(40)16-22-8-12-25(48)13-9-22/h6-13,19-21,26-28,31-32,48H,14-18,40H2,1-5H3,(H2,41,49)(H,42,56)(H,43,53)(H,44,55)(H,45,52)(H,46,54)(H,47,57)(H,50,51)/t21-,26+,27+,28+,31+,32+/m1/s1. The van der Waals surface area contributed by atoms with Gasteiger partial charge in [0.2, 0.25) is 41.4 Å². The first-order valence-electron chi connectivity index (χ1n) is 18.3. The highest BCUT2D eigenvalue weighted by atomic mass is 127. The van der Waals surface area contributed by atoms with Crippen LogP contribution in [0.3, 0.4) is 0 Å². The monoisotopic (exact) mass is 908 g/mol. The molecular weight excluding hydrogens is 855 g/mol. The maximum absolute atomic E-state index is 13.9. The highest BCUT2D eigenvalue weighted by Gasteiger charge is 2.34. The minimum absolute atomic E-state index is 0.0462. The fourth-order valence-electron chi connectivity index (χ4n) is 5.39. The van der Waals surface area contributed by atoms with Crippen LogP contribution in [0.2, 0.25) is 0 Å². The molecule has 57 heavy (non-hydrogen) atoms. The van der Waals surface area contributed by atoms with E-state index in [9.17, 15) is 48.6 Å². The van der Waals surface area contributed by atoms with Gasteiger partial charge in [0.1, 0.15) is 36.0 Å². The normalized spacial score (nSPS) is 14.2. The van der Waals surface area contributed by atoms with Gasteiger partial charge in [-0.3, -0.25) is 38.4 Å². The predicted octanol–water partition coefficient (Wildman–Crippen LogP) is -0.668. The summed E-state index contributed by atoms with van der Waals surface area (Å²) in [6, 6.07) is 5.78. The minimum atomic E-state index is -1.49. The second-order valence-electron chi connectivity index (χ2n) is 14.2. The van der Waals surface area contributed by atoms with E-state index in [2.05, 4.69) is 54.5 Å². The Morgan fingerprint density at radius 3 is 1.67 bits per heavy atom. The second kappa shape index (κ2) is 23.0. The van der Waals surface area contributed by atoms with Crippen LogP contribution in [0.5, 0.6) is 5.75 Å². The average molecular weight is 909 g/mol. The van der Waals surface area contributed by atoms with E-state index in [0.717, 1.165) is 3.57 Å². The molecule has 2 aromatic rings. The first-order valence-corrected chi connectivity index (χ1v) is 19.3. The number of phenolic OH excluding ortho intramolecular Hbond substituents is 1. The maximum atomic E-state index is 13.9. The van der Waals surface area contributed by atoms with E-state index in [1.165, 1.54) is 19.1 Å². The molecule has 0 saturated carbocycles. The van der Waals surface area contributed by atoms with Gasteiger partial charge in [-0.05, 0) is 89.6 Å².